The monoisotopic (exact) mass is 252 g/mol. The van der Waals surface area contributed by atoms with Gasteiger partial charge in [-0.2, -0.15) is 0 Å². The summed E-state index contributed by atoms with van der Waals surface area (Å²) >= 11 is 0. The van der Waals surface area contributed by atoms with Crippen LogP contribution in [0.5, 0.6) is 5.75 Å². The van der Waals surface area contributed by atoms with Gasteiger partial charge in [-0.3, -0.25) is 0 Å². The molecule has 0 fully saturated rings. The standard InChI is InChI=1S/C13H20N2O3/c1-10(2)14-8-13(17)9-18-15-7-11-4-3-5-12(16)6-11/h3-7,10,13-14,16-17H,8-9H2,1-2H3/b15-7+. The molecular weight excluding hydrogens is 232 g/mol. The Morgan fingerprint density at radius 2 is 2.22 bits per heavy atom. The maximum atomic E-state index is 9.54. The highest BCUT2D eigenvalue weighted by atomic mass is 16.6. The van der Waals surface area contributed by atoms with Gasteiger partial charge < -0.3 is 20.4 Å². The minimum Gasteiger partial charge on any atom is -0.508 e. The summed E-state index contributed by atoms with van der Waals surface area (Å²) in [6.07, 6.45) is 0.899. The van der Waals surface area contributed by atoms with Crippen LogP contribution in [0.2, 0.25) is 0 Å². The lowest BCUT2D eigenvalue weighted by Gasteiger charge is -2.12. The van der Waals surface area contributed by atoms with E-state index in [0.717, 1.165) is 5.56 Å². The van der Waals surface area contributed by atoms with Crippen molar-refractivity contribution in [3.05, 3.63) is 29.8 Å². The number of aliphatic hydroxyl groups excluding tert-OH is 1. The van der Waals surface area contributed by atoms with Gasteiger partial charge in [-0.15, -0.1) is 0 Å². The third-order valence-electron chi connectivity index (χ3n) is 2.18. The van der Waals surface area contributed by atoms with Crippen molar-refractivity contribution in [3.63, 3.8) is 0 Å². The van der Waals surface area contributed by atoms with Crippen LogP contribution in [0.1, 0.15) is 19.4 Å². The molecule has 1 atom stereocenters. The summed E-state index contributed by atoms with van der Waals surface area (Å²) in [4.78, 5) is 4.97. The summed E-state index contributed by atoms with van der Waals surface area (Å²) < 4.78 is 0. The first-order valence-electron chi connectivity index (χ1n) is 5.93. The number of aliphatic hydroxyl groups is 1. The van der Waals surface area contributed by atoms with Crippen molar-refractivity contribution in [1.29, 1.82) is 0 Å². The minimum absolute atomic E-state index is 0.134. The molecule has 1 unspecified atom stereocenters. The molecule has 0 aliphatic heterocycles. The van der Waals surface area contributed by atoms with Crippen LogP contribution in [0.3, 0.4) is 0 Å². The lowest BCUT2D eigenvalue weighted by Crippen LogP contribution is -2.34. The number of nitrogens with one attached hydrogen (secondary N) is 1. The normalized spacial score (nSPS) is 13.1. The number of rotatable bonds is 7. The Labute approximate surface area is 107 Å². The smallest absolute Gasteiger partial charge is 0.144 e. The second-order valence-electron chi connectivity index (χ2n) is 4.34. The van der Waals surface area contributed by atoms with E-state index in [1.807, 2.05) is 13.8 Å². The van der Waals surface area contributed by atoms with E-state index in [9.17, 15) is 10.2 Å². The van der Waals surface area contributed by atoms with Gasteiger partial charge in [0.05, 0.1) is 6.21 Å². The zero-order chi connectivity index (χ0) is 13.4. The van der Waals surface area contributed by atoms with Crippen molar-refractivity contribution in [3.8, 4) is 5.75 Å². The Morgan fingerprint density at radius 3 is 2.89 bits per heavy atom. The lowest BCUT2D eigenvalue weighted by atomic mass is 10.2. The molecule has 0 radical (unpaired) electrons. The molecule has 100 valence electrons. The van der Waals surface area contributed by atoms with Crippen LogP contribution in [0.25, 0.3) is 0 Å². The highest BCUT2D eigenvalue weighted by molar-refractivity contribution is 5.79. The molecule has 0 aliphatic carbocycles. The summed E-state index contributed by atoms with van der Waals surface area (Å²) in [6.45, 7) is 4.62. The van der Waals surface area contributed by atoms with Gasteiger partial charge in [-0.25, -0.2) is 0 Å². The van der Waals surface area contributed by atoms with E-state index in [4.69, 9.17) is 4.84 Å². The summed E-state index contributed by atoms with van der Waals surface area (Å²) in [7, 11) is 0. The van der Waals surface area contributed by atoms with E-state index in [1.165, 1.54) is 6.21 Å². The van der Waals surface area contributed by atoms with Gasteiger partial charge in [0.15, 0.2) is 0 Å². The molecule has 0 spiro atoms. The van der Waals surface area contributed by atoms with Gasteiger partial charge in [0.25, 0.3) is 0 Å². The van der Waals surface area contributed by atoms with Gasteiger partial charge in [-0.1, -0.05) is 31.1 Å². The summed E-state index contributed by atoms with van der Waals surface area (Å²) in [5.41, 5.74) is 0.741. The number of benzene rings is 1. The van der Waals surface area contributed by atoms with Crippen LogP contribution in [-0.2, 0) is 4.84 Å². The largest absolute Gasteiger partial charge is 0.508 e. The fourth-order valence-electron chi connectivity index (χ4n) is 1.26. The van der Waals surface area contributed by atoms with Gasteiger partial charge in [0, 0.05) is 12.6 Å². The molecule has 3 N–H and O–H groups in total. The Morgan fingerprint density at radius 1 is 1.44 bits per heavy atom. The molecule has 1 aromatic carbocycles. The number of aromatic hydroxyl groups is 1. The highest BCUT2D eigenvalue weighted by Crippen LogP contribution is 2.08. The quantitative estimate of drug-likeness (QED) is 0.502. The van der Waals surface area contributed by atoms with Crippen molar-refractivity contribution >= 4 is 6.21 Å². The molecule has 0 heterocycles. The molecule has 0 saturated carbocycles. The first kappa shape index (κ1) is 14.5. The predicted octanol–water partition coefficient (Wildman–Crippen LogP) is 1.10. The van der Waals surface area contributed by atoms with E-state index in [0.29, 0.717) is 12.6 Å². The van der Waals surface area contributed by atoms with Crippen molar-refractivity contribution in [2.45, 2.75) is 26.0 Å². The molecule has 0 aromatic heterocycles. The van der Waals surface area contributed by atoms with Crippen LogP contribution >= 0.6 is 0 Å². The fraction of sp³-hybridized carbons (Fsp3) is 0.462. The molecule has 0 aliphatic rings. The zero-order valence-corrected chi connectivity index (χ0v) is 10.7. The second-order valence-corrected chi connectivity index (χ2v) is 4.34. The highest BCUT2D eigenvalue weighted by Gasteiger charge is 2.04. The third-order valence-corrected chi connectivity index (χ3v) is 2.18. The predicted molar refractivity (Wildman–Crippen MR) is 70.8 cm³/mol. The first-order valence-corrected chi connectivity index (χ1v) is 5.93. The number of oxime groups is 1. The number of hydrogen-bond donors (Lipinski definition) is 3. The molecule has 0 amide bonds. The van der Waals surface area contributed by atoms with Crippen molar-refractivity contribution in [1.82, 2.24) is 5.32 Å². The topological polar surface area (TPSA) is 74.1 Å². The lowest BCUT2D eigenvalue weighted by molar-refractivity contribution is 0.0401. The van der Waals surface area contributed by atoms with E-state index in [-0.39, 0.29) is 12.4 Å². The van der Waals surface area contributed by atoms with E-state index in [1.54, 1.807) is 24.3 Å². The van der Waals surface area contributed by atoms with Crippen LogP contribution in [0, 0.1) is 0 Å². The zero-order valence-electron chi connectivity index (χ0n) is 10.7. The van der Waals surface area contributed by atoms with Gasteiger partial charge in [0.1, 0.15) is 18.5 Å². The number of hydrogen-bond acceptors (Lipinski definition) is 5. The maximum absolute atomic E-state index is 9.54. The number of nitrogens with zero attached hydrogens (tertiary/aromatic N) is 1. The fourth-order valence-corrected chi connectivity index (χ4v) is 1.26. The molecular formula is C13H20N2O3. The van der Waals surface area contributed by atoms with Gasteiger partial charge >= 0.3 is 0 Å². The van der Waals surface area contributed by atoms with Gasteiger partial charge in [0.2, 0.25) is 0 Å². The third kappa shape index (κ3) is 6.22. The van der Waals surface area contributed by atoms with Crippen molar-refractivity contribution < 1.29 is 15.1 Å². The Bertz CT molecular complexity index is 380. The molecule has 5 heteroatoms. The van der Waals surface area contributed by atoms with E-state index in [2.05, 4.69) is 10.5 Å². The molecule has 5 nitrogen and oxygen atoms in total. The number of phenolic OH excluding ortho intramolecular Hbond substituents is 1. The summed E-state index contributed by atoms with van der Waals surface area (Å²) in [5, 5.41) is 25.6. The number of phenols is 1. The van der Waals surface area contributed by atoms with Crippen molar-refractivity contribution in [2.75, 3.05) is 13.2 Å². The Hall–Kier alpha value is -1.59. The SMILES string of the molecule is CC(C)NCC(O)CO/N=C/c1cccc(O)c1. The molecule has 18 heavy (non-hydrogen) atoms. The van der Waals surface area contributed by atoms with Crippen LogP contribution < -0.4 is 5.32 Å². The maximum Gasteiger partial charge on any atom is 0.144 e. The average molecular weight is 252 g/mol. The van der Waals surface area contributed by atoms with E-state index < -0.39 is 6.10 Å². The molecule has 1 aromatic rings. The average Bonchev–Trinajstić information content (AvgIpc) is 2.32. The molecule has 1 rings (SSSR count). The minimum atomic E-state index is -0.589. The Balaban J connectivity index is 2.24. The summed E-state index contributed by atoms with van der Waals surface area (Å²) in [6, 6.07) is 7.00. The van der Waals surface area contributed by atoms with E-state index >= 15 is 0 Å². The Kier molecular flexibility index (Phi) is 6.18. The van der Waals surface area contributed by atoms with Gasteiger partial charge in [-0.05, 0) is 17.7 Å². The van der Waals surface area contributed by atoms with Crippen molar-refractivity contribution in [2.24, 2.45) is 5.16 Å². The second kappa shape index (κ2) is 7.68. The van der Waals surface area contributed by atoms with Crippen LogP contribution in [0.4, 0.5) is 0 Å². The van der Waals surface area contributed by atoms with Crippen LogP contribution in [-0.4, -0.2) is 41.7 Å². The first-order chi connectivity index (χ1) is 8.58. The molecule has 0 bridgehead atoms. The van der Waals surface area contributed by atoms with Crippen LogP contribution in [0.15, 0.2) is 29.4 Å². The molecule has 0 saturated heterocycles. The summed E-state index contributed by atoms with van der Waals surface area (Å²) in [5.74, 6) is 0.181.